The van der Waals surface area contributed by atoms with E-state index in [0.29, 0.717) is 22.6 Å². The number of amides is 3. The molecule has 0 radical (unpaired) electrons. The van der Waals surface area contributed by atoms with E-state index in [-0.39, 0.29) is 11.6 Å². The van der Waals surface area contributed by atoms with Gasteiger partial charge >= 0.3 is 12.2 Å². The molecule has 2 aromatic carbocycles. The van der Waals surface area contributed by atoms with Crippen LogP contribution in [0, 0.1) is 6.92 Å². The zero-order valence-electron chi connectivity index (χ0n) is 18.9. The number of benzene rings is 2. The van der Waals surface area contributed by atoms with E-state index in [0.717, 1.165) is 17.7 Å². The van der Waals surface area contributed by atoms with Crippen molar-refractivity contribution < 1.29 is 22.8 Å². The Hall–Kier alpha value is -4.34. The van der Waals surface area contributed by atoms with E-state index in [2.05, 4.69) is 20.9 Å². The van der Waals surface area contributed by atoms with E-state index in [1.165, 1.54) is 18.3 Å². The summed E-state index contributed by atoms with van der Waals surface area (Å²) in [7, 11) is 0. The highest BCUT2D eigenvalue weighted by molar-refractivity contribution is 6.04. The van der Waals surface area contributed by atoms with Crippen molar-refractivity contribution in [3.63, 3.8) is 0 Å². The SMILES string of the molecule is Cc1ccc([C@H](C)NC(=O)Nc2cccc(C(F)(F)F)c2)cc1NC(=O)c1cnc2ccccn12. The average Bonchev–Trinajstić information content (AvgIpc) is 3.24. The number of anilines is 2. The number of nitrogens with one attached hydrogen (secondary N) is 3. The fourth-order valence-electron chi connectivity index (χ4n) is 3.55. The van der Waals surface area contributed by atoms with Crippen LogP contribution in [0.4, 0.5) is 29.3 Å². The molecule has 0 aliphatic rings. The van der Waals surface area contributed by atoms with Gasteiger partial charge in [-0.1, -0.05) is 24.3 Å². The minimum atomic E-state index is -4.51. The molecule has 2 heterocycles. The fourth-order valence-corrected chi connectivity index (χ4v) is 3.55. The molecule has 1 atom stereocenters. The zero-order chi connectivity index (χ0) is 25.2. The van der Waals surface area contributed by atoms with Gasteiger partial charge in [0.1, 0.15) is 11.3 Å². The summed E-state index contributed by atoms with van der Waals surface area (Å²) in [4.78, 5) is 29.5. The first-order valence-corrected chi connectivity index (χ1v) is 10.7. The number of hydrogen-bond donors (Lipinski definition) is 3. The lowest BCUT2D eigenvalue weighted by Crippen LogP contribution is -2.31. The number of rotatable bonds is 5. The number of hydrogen-bond acceptors (Lipinski definition) is 3. The molecule has 4 rings (SSSR count). The summed E-state index contributed by atoms with van der Waals surface area (Å²) in [5.74, 6) is -0.341. The van der Waals surface area contributed by atoms with E-state index in [1.807, 2.05) is 19.1 Å². The Labute approximate surface area is 199 Å². The second-order valence-corrected chi connectivity index (χ2v) is 8.00. The number of aryl methyl sites for hydroxylation is 1. The predicted molar refractivity (Wildman–Crippen MR) is 126 cm³/mol. The van der Waals surface area contributed by atoms with Gasteiger partial charge in [0.2, 0.25) is 0 Å². The van der Waals surface area contributed by atoms with Gasteiger partial charge in [0.15, 0.2) is 0 Å². The highest BCUT2D eigenvalue weighted by Crippen LogP contribution is 2.30. The van der Waals surface area contributed by atoms with Crippen LogP contribution in [0.25, 0.3) is 5.65 Å². The van der Waals surface area contributed by atoms with Crippen LogP contribution in [0.15, 0.2) is 73.1 Å². The van der Waals surface area contributed by atoms with Gasteiger partial charge < -0.3 is 16.0 Å². The molecule has 10 heteroatoms. The molecular formula is C25H22F3N5O2. The summed E-state index contributed by atoms with van der Waals surface area (Å²) < 4.78 is 40.4. The van der Waals surface area contributed by atoms with Crippen LogP contribution >= 0.6 is 0 Å². The van der Waals surface area contributed by atoms with Crippen LogP contribution in [0.5, 0.6) is 0 Å². The molecule has 0 spiro atoms. The highest BCUT2D eigenvalue weighted by Gasteiger charge is 2.30. The third kappa shape index (κ3) is 5.43. The average molecular weight is 481 g/mol. The lowest BCUT2D eigenvalue weighted by Gasteiger charge is -2.18. The van der Waals surface area contributed by atoms with Crippen LogP contribution < -0.4 is 16.0 Å². The molecule has 4 aromatic rings. The summed E-state index contributed by atoms with van der Waals surface area (Å²) in [5, 5.41) is 7.99. The second kappa shape index (κ2) is 9.49. The van der Waals surface area contributed by atoms with Crippen LogP contribution in [0.3, 0.4) is 0 Å². The molecule has 0 aliphatic heterocycles. The maximum atomic E-state index is 12.9. The first-order chi connectivity index (χ1) is 16.6. The number of halogens is 3. The molecule has 35 heavy (non-hydrogen) atoms. The number of alkyl halides is 3. The largest absolute Gasteiger partial charge is 0.416 e. The van der Waals surface area contributed by atoms with Gasteiger partial charge in [-0.05, 0) is 61.4 Å². The van der Waals surface area contributed by atoms with Crippen molar-refractivity contribution in [2.75, 3.05) is 10.6 Å². The van der Waals surface area contributed by atoms with Crippen LogP contribution in [-0.2, 0) is 6.18 Å². The van der Waals surface area contributed by atoms with Gasteiger partial charge in [-0.3, -0.25) is 9.20 Å². The van der Waals surface area contributed by atoms with E-state index < -0.39 is 23.8 Å². The predicted octanol–water partition coefficient (Wildman–Crippen LogP) is 5.80. The Morgan fingerprint density at radius 1 is 1.00 bits per heavy atom. The third-order valence-corrected chi connectivity index (χ3v) is 5.45. The summed E-state index contributed by atoms with van der Waals surface area (Å²) >= 11 is 0. The molecule has 0 aliphatic carbocycles. The summed E-state index contributed by atoms with van der Waals surface area (Å²) in [6.45, 7) is 3.57. The molecular weight excluding hydrogens is 459 g/mol. The molecule has 0 fully saturated rings. The van der Waals surface area contributed by atoms with Gasteiger partial charge in [-0.15, -0.1) is 0 Å². The molecule has 0 saturated heterocycles. The number of imidazole rings is 1. The fraction of sp³-hybridized carbons (Fsp3) is 0.160. The first kappa shape index (κ1) is 23.8. The molecule has 0 unspecified atom stereocenters. The molecule has 3 N–H and O–H groups in total. The lowest BCUT2D eigenvalue weighted by molar-refractivity contribution is -0.137. The lowest BCUT2D eigenvalue weighted by atomic mass is 10.0. The van der Waals surface area contributed by atoms with Crippen molar-refractivity contribution in [3.05, 3.63) is 95.4 Å². The Morgan fingerprint density at radius 2 is 1.80 bits per heavy atom. The summed E-state index contributed by atoms with van der Waals surface area (Å²) in [6, 6.07) is 14.0. The molecule has 180 valence electrons. The zero-order valence-corrected chi connectivity index (χ0v) is 18.9. The van der Waals surface area contributed by atoms with Crippen molar-refractivity contribution in [2.24, 2.45) is 0 Å². The van der Waals surface area contributed by atoms with E-state index >= 15 is 0 Å². The topological polar surface area (TPSA) is 87.5 Å². The van der Waals surface area contributed by atoms with Crippen molar-refractivity contribution in [3.8, 4) is 0 Å². The maximum Gasteiger partial charge on any atom is 0.416 e. The Kier molecular flexibility index (Phi) is 6.46. The van der Waals surface area contributed by atoms with Crippen molar-refractivity contribution in [2.45, 2.75) is 26.1 Å². The number of fused-ring (bicyclic) bond motifs is 1. The molecule has 2 aromatic heterocycles. The number of nitrogens with zero attached hydrogens (tertiary/aromatic N) is 2. The van der Waals surface area contributed by atoms with Crippen molar-refractivity contribution in [1.82, 2.24) is 14.7 Å². The van der Waals surface area contributed by atoms with Crippen molar-refractivity contribution in [1.29, 1.82) is 0 Å². The van der Waals surface area contributed by atoms with Crippen LogP contribution in [-0.4, -0.2) is 21.3 Å². The van der Waals surface area contributed by atoms with Gasteiger partial charge in [-0.2, -0.15) is 13.2 Å². The Morgan fingerprint density at radius 3 is 2.57 bits per heavy atom. The molecule has 0 bridgehead atoms. The standard InChI is InChI=1S/C25H22F3N5O2/c1-15-9-10-17(12-20(15)32-23(34)21-14-29-22-8-3-4-11-33(21)22)16(2)30-24(35)31-19-7-5-6-18(13-19)25(26,27)28/h3-14,16H,1-2H3,(H,32,34)(H2,30,31,35)/t16-/m0/s1. The molecule has 7 nitrogen and oxygen atoms in total. The molecule has 3 amide bonds. The van der Waals surface area contributed by atoms with Gasteiger partial charge in [0.05, 0.1) is 17.8 Å². The van der Waals surface area contributed by atoms with E-state index in [1.54, 1.807) is 41.8 Å². The summed E-state index contributed by atoms with van der Waals surface area (Å²) in [5.41, 5.74) is 2.26. The second-order valence-electron chi connectivity index (χ2n) is 8.00. The Bertz CT molecular complexity index is 1400. The number of pyridine rings is 1. The quantitative estimate of drug-likeness (QED) is 0.337. The van der Waals surface area contributed by atoms with Gasteiger partial charge in [-0.25, -0.2) is 9.78 Å². The van der Waals surface area contributed by atoms with Crippen molar-refractivity contribution >= 4 is 29.0 Å². The van der Waals surface area contributed by atoms with E-state index in [9.17, 15) is 22.8 Å². The highest BCUT2D eigenvalue weighted by atomic mass is 19.4. The number of urea groups is 1. The first-order valence-electron chi connectivity index (χ1n) is 10.7. The number of carbonyl (C=O) groups is 2. The number of carbonyl (C=O) groups excluding carboxylic acids is 2. The van der Waals surface area contributed by atoms with Gasteiger partial charge in [0, 0.05) is 17.6 Å². The normalized spacial score (nSPS) is 12.3. The smallest absolute Gasteiger partial charge is 0.331 e. The summed E-state index contributed by atoms with van der Waals surface area (Å²) in [6.07, 6.45) is -1.27. The van der Waals surface area contributed by atoms with E-state index in [4.69, 9.17) is 0 Å². The minimum absolute atomic E-state index is 0.0226. The van der Waals surface area contributed by atoms with Crippen LogP contribution in [0.1, 0.15) is 40.1 Å². The van der Waals surface area contributed by atoms with Crippen LogP contribution in [0.2, 0.25) is 0 Å². The minimum Gasteiger partial charge on any atom is -0.331 e. The van der Waals surface area contributed by atoms with Gasteiger partial charge in [0.25, 0.3) is 5.91 Å². The maximum absolute atomic E-state index is 12.9. The monoisotopic (exact) mass is 481 g/mol. The molecule has 0 saturated carbocycles. The number of aromatic nitrogens is 2. The third-order valence-electron chi connectivity index (χ3n) is 5.45. The Balaban J connectivity index is 1.45.